The van der Waals surface area contributed by atoms with Crippen LogP contribution in [0, 0.1) is 0 Å². The third kappa shape index (κ3) is 3.82. The zero-order chi connectivity index (χ0) is 17.1. The van der Waals surface area contributed by atoms with Crippen molar-refractivity contribution in [3.63, 3.8) is 0 Å². The summed E-state index contributed by atoms with van der Waals surface area (Å²) >= 11 is 1.64. The number of thiophene rings is 1. The molecule has 132 valence electrons. The zero-order valence-corrected chi connectivity index (χ0v) is 15.4. The lowest BCUT2D eigenvalue weighted by atomic mass is 10.0. The molecule has 0 aliphatic carbocycles. The maximum atomic E-state index is 9.40. The number of aryl methyl sites for hydroxylation is 1. The van der Waals surface area contributed by atoms with Gasteiger partial charge in [0.2, 0.25) is 0 Å². The van der Waals surface area contributed by atoms with Gasteiger partial charge >= 0.3 is 0 Å². The van der Waals surface area contributed by atoms with Crippen molar-refractivity contribution < 1.29 is 5.11 Å². The van der Waals surface area contributed by atoms with Gasteiger partial charge in [0, 0.05) is 36.4 Å². The van der Waals surface area contributed by atoms with E-state index in [1.807, 2.05) is 12.3 Å². The number of nitrogens with zero attached hydrogens (tertiary/aromatic N) is 2. The quantitative estimate of drug-likeness (QED) is 0.748. The number of fused-ring (bicyclic) bond motifs is 1. The molecule has 0 amide bonds. The molecule has 4 N–H and O–H groups in total. The van der Waals surface area contributed by atoms with Crippen LogP contribution in [0.3, 0.4) is 0 Å². The summed E-state index contributed by atoms with van der Waals surface area (Å²) in [6.45, 7) is 6.70. The molecular formula is C18H28N4OS. The van der Waals surface area contributed by atoms with E-state index < -0.39 is 0 Å². The summed E-state index contributed by atoms with van der Waals surface area (Å²) in [5, 5.41) is 16.0. The molecule has 1 aliphatic rings. The van der Waals surface area contributed by atoms with Crippen molar-refractivity contribution in [1.82, 2.24) is 10.3 Å². The van der Waals surface area contributed by atoms with E-state index >= 15 is 0 Å². The number of aliphatic hydroxyl groups is 1. The number of nitrogens with one attached hydrogen (secondary N) is 1. The molecule has 1 atom stereocenters. The molecule has 2 aromatic heterocycles. The van der Waals surface area contributed by atoms with Crippen molar-refractivity contribution in [3.05, 3.63) is 17.0 Å². The molecule has 0 aromatic carbocycles. The molecule has 0 unspecified atom stereocenters. The Morgan fingerprint density at radius 3 is 2.88 bits per heavy atom. The topological polar surface area (TPSA) is 74.4 Å². The SMILES string of the molecule is CCCc1cc(N2CCC(NC[C@H](C)O)CC2)nc2scc(N)c12. The van der Waals surface area contributed by atoms with E-state index in [0.717, 1.165) is 60.5 Å². The Bertz CT molecular complexity index is 677. The average molecular weight is 349 g/mol. The first-order valence-electron chi connectivity index (χ1n) is 8.91. The highest BCUT2D eigenvalue weighted by Crippen LogP contribution is 2.33. The first-order chi connectivity index (χ1) is 11.6. The summed E-state index contributed by atoms with van der Waals surface area (Å²) < 4.78 is 0. The fourth-order valence-electron chi connectivity index (χ4n) is 3.41. The Morgan fingerprint density at radius 2 is 2.21 bits per heavy atom. The Morgan fingerprint density at radius 1 is 1.46 bits per heavy atom. The summed E-state index contributed by atoms with van der Waals surface area (Å²) in [5.41, 5.74) is 8.32. The van der Waals surface area contributed by atoms with Crippen molar-refractivity contribution in [2.24, 2.45) is 0 Å². The largest absolute Gasteiger partial charge is 0.397 e. The van der Waals surface area contributed by atoms with Gasteiger partial charge in [0.25, 0.3) is 0 Å². The lowest BCUT2D eigenvalue weighted by molar-refractivity contribution is 0.183. The highest BCUT2D eigenvalue weighted by Gasteiger charge is 2.21. The second-order valence-electron chi connectivity index (χ2n) is 6.78. The molecule has 5 nitrogen and oxygen atoms in total. The van der Waals surface area contributed by atoms with E-state index in [-0.39, 0.29) is 6.10 Å². The van der Waals surface area contributed by atoms with Crippen molar-refractivity contribution in [2.75, 3.05) is 30.3 Å². The van der Waals surface area contributed by atoms with Crippen molar-refractivity contribution in [3.8, 4) is 0 Å². The normalized spacial score (nSPS) is 17.5. The number of aliphatic hydroxyl groups excluding tert-OH is 1. The van der Waals surface area contributed by atoms with Crippen molar-refractivity contribution >= 4 is 33.1 Å². The van der Waals surface area contributed by atoms with Gasteiger partial charge < -0.3 is 21.1 Å². The monoisotopic (exact) mass is 348 g/mol. The fraction of sp³-hybridized carbons (Fsp3) is 0.611. The minimum Gasteiger partial charge on any atom is -0.397 e. The Balaban J connectivity index is 1.73. The first kappa shape index (κ1) is 17.5. The highest BCUT2D eigenvalue weighted by molar-refractivity contribution is 7.17. The Labute approximate surface area is 147 Å². The van der Waals surface area contributed by atoms with E-state index in [9.17, 15) is 5.11 Å². The number of nitrogens with two attached hydrogens (primary N) is 1. The smallest absolute Gasteiger partial charge is 0.130 e. The van der Waals surface area contributed by atoms with E-state index in [2.05, 4.69) is 23.2 Å². The predicted molar refractivity (Wildman–Crippen MR) is 103 cm³/mol. The fourth-order valence-corrected chi connectivity index (χ4v) is 4.28. The number of hydrogen-bond acceptors (Lipinski definition) is 6. The summed E-state index contributed by atoms with van der Waals surface area (Å²) in [6.07, 6.45) is 4.04. The Hall–Kier alpha value is -1.37. The van der Waals surface area contributed by atoms with Crippen LogP contribution in [-0.2, 0) is 6.42 Å². The molecule has 1 aliphatic heterocycles. The summed E-state index contributed by atoms with van der Waals surface area (Å²) in [7, 11) is 0. The molecule has 2 aromatic rings. The van der Waals surface area contributed by atoms with Crippen LogP contribution in [0.4, 0.5) is 11.5 Å². The standard InChI is InChI=1S/C18H28N4OS/c1-3-4-13-9-16(21-18-17(13)15(19)11-24-18)22-7-5-14(6-8-22)20-10-12(2)23/h9,11-12,14,20,23H,3-8,10,19H2,1-2H3/t12-/m0/s1. The number of aromatic nitrogens is 1. The van der Waals surface area contributed by atoms with Gasteiger partial charge in [-0.3, -0.25) is 0 Å². The van der Waals surface area contributed by atoms with E-state index in [1.165, 1.54) is 5.56 Å². The van der Waals surface area contributed by atoms with Crippen LogP contribution in [0.25, 0.3) is 10.2 Å². The molecule has 0 spiro atoms. The molecule has 6 heteroatoms. The predicted octanol–water partition coefficient (Wildman–Crippen LogP) is 2.77. The first-order valence-corrected chi connectivity index (χ1v) is 9.79. The van der Waals surface area contributed by atoms with Crippen LogP contribution >= 0.6 is 11.3 Å². The van der Waals surface area contributed by atoms with Crippen LogP contribution in [0.2, 0.25) is 0 Å². The highest BCUT2D eigenvalue weighted by atomic mass is 32.1. The summed E-state index contributed by atoms with van der Waals surface area (Å²) in [4.78, 5) is 8.31. The second kappa shape index (κ2) is 7.68. The van der Waals surface area contributed by atoms with Gasteiger partial charge in [0.15, 0.2) is 0 Å². The van der Waals surface area contributed by atoms with Crippen LogP contribution in [0.5, 0.6) is 0 Å². The lowest BCUT2D eigenvalue weighted by Gasteiger charge is -2.33. The third-order valence-electron chi connectivity index (χ3n) is 4.68. The van der Waals surface area contributed by atoms with E-state index in [1.54, 1.807) is 11.3 Å². The molecule has 1 fully saturated rings. The molecule has 0 saturated carbocycles. The van der Waals surface area contributed by atoms with Gasteiger partial charge in [0.05, 0.1) is 11.8 Å². The van der Waals surface area contributed by atoms with Crippen LogP contribution in [0.1, 0.15) is 38.7 Å². The molecule has 0 radical (unpaired) electrons. The number of piperidine rings is 1. The molecule has 3 rings (SSSR count). The molecule has 24 heavy (non-hydrogen) atoms. The van der Waals surface area contributed by atoms with Gasteiger partial charge in [-0.15, -0.1) is 11.3 Å². The van der Waals surface area contributed by atoms with E-state index in [4.69, 9.17) is 10.7 Å². The van der Waals surface area contributed by atoms with Crippen LogP contribution < -0.4 is 16.0 Å². The summed E-state index contributed by atoms with van der Waals surface area (Å²) in [6, 6.07) is 2.73. The number of anilines is 2. The average Bonchev–Trinajstić information content (AvgIpc) is 2.95. The van der Waals surface area contributed by atoms with Crippen molar-refractivity contribution in [1.29, 1.82) is 0 Å². The lowest BCUT2D eigenvalue weighted by Crippen LogP contribution is -2.44. The van der Waals surface area contributed by atoms with Gasteiger partial charge in [-0.1, -0.05) is 13.3 Å². The second-order valence-corrected chi connectivity index (χ2v) is 7.64. The number of rotatable bonds is 6. The van der Waals surface area contributed by atoms with Crippen LogP contribution in [-0.4, -0.2) is 41.9 Å². The molecule has 3 heterocycles. The molecule has 1 saturated heterocycles. The van der Waals surface area contributed by atoms with E-state index in [0.29, 0.717) is 12.6 Å². The third-order valence-corrected chi connectivity index (χ3v) is 5.57. The molecule has 0 bridgehead atoms. The zero-order valence-electron chi connectivity index (χ0n) is 14.6. The van der Waals surface area contributed by atoms with Crippen molar-refractivity contribution in [2.45, 2.75) is 51.7 Å². The van der Waals surface area contributed by atoms with Crippen LogP contribution in [0.15, 0.2) is 11.4 Å². The van der Waals surface area contributed by atoms with Gasteiger partial charge in [-0.25, -0.2) is 4.98 Å². The number of pyridine rings is 1. The maximum Gasteiger partial charge on any atom is 0.130 e. The van der Waals surface area contributed by atoms with Gasteiger partial charge in [-0.05, 0) is 37.8 Å². The number of nitrogen functional groups attached to an aromatic ring is 1. The van der Waals surface area contributed by atoms with Gasteiger partial charge in [0.1, 0.15) is 10.6 Å². The molecular weight excluding hydrogens is 320 g/mol. The van der Waals surface area contributed by atoms with Gasteiger partial charge in [-0.2, -0.15) is 0 Å². The minimum absolute atomic E-state index is 0.284. The maximum absolute atomic E-state index is 9.40. The minimum atomic E-state index is -0.284. The summed E-state index contributed by atoms with van der Waals surface area (Å²) in [5.74, 6) is 1.08. The Kier molecular flexibility index (Phi) is 5.58. The number of hydrogen-bond donors (Lipinski definition) is 3.